The second kappa shape index (κ2) is 16.9. The Morgan fingerprint density at radius 1 is 0.261 bits per heavy atom. The first-order valence-electron chi connectivity index (χ1n) is 23.7. The summed E-state index contributed by atoms with van der Waals surface area (Å²) >= 11 is 0. The van der Waals surface area contributed by atoms with Crippen LogP contribution in [0, 0.1) is 0 Å². The number of hydrogen-bond acceptors (Lipinski definition) is 1. The van der Waals surface area contributed by atoms with E-state index in [1.54, 1.807) is 0 Å². The van der Waals surface area contributed by atoms with Gasteiger partial charge in [0.1, 0.15) is 0 Å². The number of aromatic nitrogens is 2. The highest BCUT2D eigenvalue weighted by atomic mass is 15.1. The largest absolute Gasteiger partial charge is 0.310 e. The number of anilines is 3. The van der Waals surface area contributed by atoms with Gasteiger partial charge in [0.15, 0.2) is 0 Å². The van der Waals surface area contributed by atoms with E-state index in [2.05, 4.69) is 287 Å². The molecule has 13 aromatic rings. The van der Waals surface area contributed by atoms with Gasteiger partial charge in [0.25, 0.3) is 0 Å². The first-order valence-corrected chi connectivity index (χ1v) is 23.7. The summed E-state index contributed by atoms with van der Waals surface area (Å²) in [5, 5.41) is 4.93. The third-order valence-electron chi connectivity index (χ3n) is 13.7. The van der Waals surface area contributed by atoms with Gasteiger partial charge >= 0.3 is 0 Å². The Morgan fingerprint density at radius 3 is 1.39 bits per heavy atom. The van der Waals surface area contributed by atoms with Crippen molar-refractivity contribution in [1.82, 2.24) is 9.13 Å². The third kappa shape index (κ3) is 6.91. The van der Waals surface area contributed by atoms with Gasteiger partial charge in [-0.3, -0.25) is 0 Å². The molecule has 0 atom stereocenters. The fourth-order valence-electron chi connectivity index (χ4n) is 10.6. The van der Waals surface area contributed by atoms with Crippen LogP contribution in [-0.4, -0.2) is 9.13 Å². The van der Waals surface area contributed by atoms with Gasteiger partial charge in [-0.25, -0.2) is 0 Å². The molecule has 2 aromatic heterocycles. The minimum Gasteiger partial charge on any atom is -0.310 e. The molecule has 0 saturated carbocycles. The molecule has 0 N–H and O–H groups in total. The molecule has 0 bridgehead atoms. The van der Waals surface area contributed by atoms with Crippen molar-refractivity contribution < 1.29 is 0 Å². The van der Waals surface area contributed by atoms with E-state index >= 15 is 0 Å². The van der Waals surface area contributed by atoms with E-state index in [-0.39, 0.29) is 0 Å². The van der Waals surface area contributed by atoms with Gasteiger partial charge in [-0.15, -0.1) is 0 Å². The van der Waals surface area contributed by atoms with Gasteiger partial charge in [0.2, 0.25) is 0 Å². The molecule has 0 saturated heterocycles. The van der Waals surface area contributed by atoms with Crippen molar-refractivity contribution in [2.45, 2.75) is 0 Å². The second-order valence-corrected chi connectivity index (χ2v) is 17.7. The predicted molar refractivity (Wildman–Crippen MR) is 292 cm³/mol. The first-order chi connectivity index (χ1) is 34.3. The molecular weight excluding hydrogens is 835 g/mol. The Bertz CT molecular complexity index is 3900. The Kier molecular flexibility index (Phi) is 9.84. The lowest BCUT2D eigenvalue weighted by Crippen LogP contribution is -2.11. The number of benzene rings is 11. The SMILES string of the molecule is c1ccc(-c2ccc(N(c3ccc(-c4ccccc4)cc3)c3ccccc3-c3ccccc3-n3c4ccccc4c4ccc(-c5cccc6c5c5ccccc5n6-c5ccccc5)cc43)cc2)cc1. The molecule has 13 rings (SSSR count). The first kappa shape index (κ1) is 40.1. The maximum absolute atomic E-state index is 2.49. The summed E-state index contributed by atoms with van der Waals surface area (Å²) in [6.07, 6.45) is 0. The van der Waals surface area contributed by atoms with E-state index in [1.807, 2.05) is 0 Å². The number of rotatable bonds is 9. The van der Waals surface area contributed by atoms with E-state index < -0.39 is 0 Å². The quantitative estimate of drug-likeness (QED) is 0.141. The van der Waals surface area contributed by atoms with E-state index in [0.29, 0.717) is 0 Å². The Labute approximate surface area is 401 Å². The minimum atomic E-state index is 1.08. The predicted octanol–water partition coefficient (Wildman–Crippen LogP) is 18.0. The van der Waals surface area contributed by atoms with Crippen LogP contribution in [0.5, 0.6) is 0 Å². The molecule has 0 amide bonds. The zero-order chi connectivity index (χ0) is 45.7. The lowest BCUT2D eigenvalue weighted by molar-refractivity contribution is 1.18. The molecule has 2 heterocycles. The van der Waals surface area contributed by atoms with Crippen molar-refractivity contribution in [2.75, 3.05) is 4.90 Å². The summed E-state index contributed by atoms with van der Waals surface area (Å²) in [7, 11) is 0. The van der Waals surface area contributed by atoms with Gasteiger partial charge in [0, 0.05) is 49.7 Å². The molecule has 0 aliphatic rings. The van der Waals surface area contributed by atoms with Crippen LogP contribution in [0.2, 0.25) is 0 Å². The standard InChI is InChI=1S/C66H45N3/c1-4-19-46(20-5-1)48-35-40-52(41-36-48)67(53-42-37-49(38-43-53)47-21-6-2-7-22-47)60-30-14-10-25-55(60)56-26-11-15-31-61(56)69-62-32-16-12-27-57(62)58-44-39-50(45-65(58)69)54-29-18-34-64-66(54)59-28-13-17-33-63(59)68(64)51-23-8-3-9-24-51/h1-45H. The van der Waals surface area contributed by atoms with Crippen LogP contribution in [0.4, 0.5) is 17.1 Å². The van der Waals surface area contributed by atoms with Crippen LogP contribution in [0.25, 0.3) is 99.5 Å². The summed E-state index contributed by atoms with van der Waals surface area (Å²) < 4.78 is 4.89. The fraction of sp³-hybridized carbons (Fsp3) is 0. The van der Waals surface area contributed by atoms with Crippen LogP contribution in [0.1, 0.15) is 0 Å². The van der Waals surface area contributed by atoms with E-state index in [4.69, 9.17) is 0 Å². The number of fused-ring (bicyclic) bond motifs is 6. The summed E-state index contributed by atoms with van der Waals surface area (Å²) in [5.41, 5.74) is 19.6. The number of hydrogen-bond donors (Lipinski definition) is 0. The lowest BCUT2D eigenvalue weighted by Gasteiger charge is -2.29. The van der Waals surface area contributed by atoms with Crippen molar-refractivity contribution in [3.63, 3.8) is 0 Å². The highest BCUT2D eigenvalue weighted by Crippen LogP contribution is 2.46. The highest BCUT2D eigenvalue weighted by Gasteiger charge is 2.23. The highest BCUT2D eigenvalue weighted by molar-refractivity contribution is 6.17. The van der Waals surface area contributed by atoms with Gasteiger partial charge < -0.3 is 14.0 Å². The molecule has 0 radical (unpaired) electrons. The van der Waals surface area contributed by atoms with E-state index in [1.165, 1.54) is 71.5 Å². The molecule has 0 aliphatic carbocycles. The smallest absolute Gasteiger partial charge is 0.0547 e. The van der Waals surface area contributed by atoms with Crippen LogP contribution in [0.15, 0.2) is 273 Å². The minimum absolute atomic E-state index is 1.08. The fourth-order valence-corrected chi connectivity index (χ4v) is 10.6. The topological polar surface area (TPSA) is 13.1 Å². The van der Waals surface area contributed by atoms with Crippen molar-refractivity contribution in [1.29, 1.82) is 0 Å². The molecule has 0 aliphatic heterocycles. The third-order valence-corrected chi connectivity index (χ3v) is 13.7. The van der Waals surface area contributed by atoms with Crippen molar-refractivity contribution >= 4 is 60.7 Å². The Hall–Kier alpha value is -9.18. The molecule has 324 valence electrons. The number of para-hydroxylation sites is 5. The second-order valence-electron chi connectivity index (χ2n) is 17.7. The Balaban J connectivity index is 0.999. The van der Waals surface area contributed by atoms with Crippen LogP contribution in [0.3, 0.4) is 0 Å². The number of nitrogens with zero attached hydrogens (tertiary/aromatic N) is 3. The Morgan fingerprint density at radius 2 is 0.725 bits per heavy atom. The molecule has 11 aromatic carbocycles. The average Bonchev–Trinajstić information content (AvgIpc) is 3.95. The molecule has 3 heteroatoms. The lowest BCUT2D eigenvalue weighted by atomic mass is 9.98. The molecule has 69 heavy (non-hydrogen) atoms. The molecule has 0 spiro atoms. The van der Waals surface area contributed by atoms with Crippen molar-refractivity contribution in [2.24, 2.45) is 0 Å². The molecule has 0 fully saturated rings. The van der Waals surface area contributed by atoms with Crippen molar-refractivity contribution in [3.05, 3.63) is 273 Å². The molecule has 3 nitrogen and oxygen atoms in total. The summed E-state index contributed by atoms with van der Waals surface area (Å²) in [6.45, 7) is 0. The van der Waals surface area contributed by atoms with E-state index in [0.717, 1.165) is 45.1 Å². The van der Waals surface area contributed by atoms with Gasteiger partial charge in [-0.1, -0.05) is 200 Å². The summed E-state index contributed by atoms with van der Waals surface area (Å²) in [6, 6.07) is 99.1. The van der Waals surface area contributed by atoms with Gasteiger partial charge in [-0.05, 0) is 106 Å². The van der Waals surface area contributed by atoms with E-state index in [9.17, 15) is 0 Å². The maximum atomic E-state index is 2.49. The zero-order valence-electron chi connectivity index (χ0n) is 37.8. The molecule has 0 unspecified atom stereocenters. The van der Waals surface area contributed by atoms with Crippen LogP contribution < -0.4 is 4.90 Å². The maximum Gasteiger partial charge on any atom is 0.0547 e. The van der Waals surface area contributed by atoms with Crippen molar-refractivity contribution in [3.8, 4) is 55.9 Å². The molecular formula is C66H45N3. The average molecular weight is 880 g/mol. The normalized spacial score (nSPS) is 11.5. The zero-order valence-corrected chi connectivity index (χ0v) is 37.8. The van der Waals surface area contributed by atoms with Gasteiger partial charge in [-0.2, -0.15) is 0 Å². The summed E-state index contributed by atoms with van der Waals surface area (Å²) in [4.78, 5) is 2.41. The van der Waals surface area contributed by atoms with Crippen LogP contribution >= 0.6 is 0 Å². The monoisotopic (exact) mass is 879 g/mol. The van der Waals surface area contributed by atoms with Gasteiger partial charge in [0.05, 0.1) is 33.4 Å². The summed E-state index contributed by atoms with van der Waals surface area (Å²) in [5.74, 6) is 0. The van der Waals surface area contributed by atoms with Crippen LogP contribution in [-0.2, 0) is 0 Å².